The van der Waals surface area contributed by atoms with Crippen LogP contribution in [0.15, 0.2) is 126 Å². The van der Waals surface area contributed by atoms with Gasteiger partial charge in [-0.1, -0.05) is 107 Å². The highest BCUT2D eigenvalue weighted by atomic mass is 79.9. The maximum atomic E-state index is 5.11. The third-order valence-electron chi connectivity index (χ3n) is 6.09. The van der Waals surface area contributed by atoms with Crippen molar-refractivity contribution in [1.82, 2.24) is 4.98 Å². The Kier molecular flexibility index (Phi) is 5.01. The number of hydrogen-bond acceptors (Lipinski definition) is 1. The Morgan fingerprint density at radius 3 is 1.94 bits per heavy atom. The van der Waals surface area contributed by atoms with Crippen molar-refractivity contribution in [3.8, 4) is 33.6 Å². The summed E-state index contributed by atoms with van der Waals surface area (Å²) in [5.74, 6) is 0. The second kappa shape index (κ2) is 8.31. The molecule has 0 aliphatic rings. The average Bonchev–Trinajstić information content (AvgIpc) is 2.88. The van der Waals surface area contributed by atoms with Gasteiger partial charge < -0.3 is 0 Å². The average molecular weight is 486 g/mol. The SMILES string of the molecule is Brc1cccc(-c2cc(-c3cccc4ccccc34)cc(-c3ccc4ccccc4c3)n2)c1. The first-order valence-corrected chi connectivity index (χ1v) is 11.8. The molecule has 33 heavy (non-hydrogen) atoms. The molecular formula is C31H20BrN. The van der Waals surface area contributed by atoms with E-state index in [1.165, 1.54) is 32.7 Å². The zero-order valence-corrected chi connectivity index (χ0v) is 19.5. The van der Waals surface area contributed by atoms with E-state index in [1.54, 1.807) is 0 Å². The fourth-order valence-corrected chi connectivity index (χ4v) is 4.85. The van der Waals surface area contributed by atoms with Gasteiger partial charge in [-0.15, -0.1) is 0 Å². The van der Waals surface area contributed by atoms with Crippen molar-refractivity contribution in [3.05, 3.63) is 126 Å². The van der Waals surface area contributed by atoms with Gasteiger partial charge in [0.25, 0.3) is 0 Å². The van der Waals surface area contributed by atoms with Gasteiger partial charge >= 0.3 is 0 Å². The molecule has 0 bridgehead atoms. The minimum absolute atomic E-state index is 0.963. The van der Waals surface area contributed by atoms with E-state index in [0.717, 1.165) is 27.0 Å². The topological polar surface area (TPSA) is 12.9 Å². The fraction of sp³-hybridized carbons (Fsp3) is 0. The van der Waals surface area contributed by atoms with E-state index in [2.05, 4.69) is 131 Å². The maximum absolute atomic E-state index is 5.11. The van der Waals surface area contributed by atoms with E-state index >= 15 is 0 Å². The van der Waals surface area contributed by atoms with Crippen LogP contribution in [0.1, 0.15) is 0 Å². The Balaban J connectivity index is 1.61. The molecule has 1 nitrogen and oxygen atoms in total. The highest BCUT2D eigenvalue weighted by Crippen LogP contribution is 2.35. The minimum Gasteiger partial charge on any atom is -0.248 e. The molecule has 0 unspecified atom stereocenters. The zero-order chi connectivity index (χ0) is 22.2. The summed E-state index contributed by atoms with van der Waals surface area (Å²) >= 11 is 3.62. The monoisotopic (exact) mass is 485 g/mol. The number of nitrogens with zero attached hydrogens (tertiary/aromatic N) is 1. The predicted octanol–water partition coefficient (Wildman–Crippen LogP) is 9.15. The molecule has 0 atom stereocenters. The molecule has 0 amide bonds. The van der Waals surface area contributed by atoms with Gasteiger partial charge in [0.05, 0.1) is 11.4 Å². The number of aromatic nitrogens is 1. The molecule has 156 valence electrons. The summed E-state index contributed by atoms with van der Waals surface area (Å²) in [6.07, 6.45) is 0. The second-order valence-corrected chi connectivity index (χ2v) is 9.14. The van der Waals surface area contributed by atoms with Gasteiger partial charge in [-0.3, -0.25) is 0 Å². The van der Waals surface area contributed by atoms with Gasteiger partial charge in [-0.25, -0.2) is 4.98 Å². The molecule has 6 aromatic rings. The van der Waals surface area contributed by atoms with Crippen molar-refractivity contribution in [2.24, 2.45) is 0 Å². The van der Waals surface area contributed by atoms with Crippen molar-refractivity contribution in [2.75, 3.05) is 0 Å². The molecule has 0 fully saturated rings. The normalized spacial score (nSPS) is 11.2. The first-order chi connectivity index (χ1) is 16.2. The number of halogens is 1. The first-order valence-electron chi connectivity index (χ1n) is 11.0. The van der Waals surface area contributed by atoms with Crippen LogP contribution in [0, 0.1) is 0 Å². The second-order valence-electron chi connectivity index (χ2n) is 8.23. The predicted molar refractivity (Wildman–Crippen MR) is 143 cm³/mol. The van der Waals surface area contributed by atoms with Crippen LogP contribution in [-0.4, -0.2) is 4.98 Å². The molecule has 0 N–H and O–H groups in total. The van der Waals surface area contributed by atoms with Gasteiger partial charge in [0.1, 0.15) is 0 Å². The van der Waals surface area contributed by atoms with E-state index in [4.69, 9.17) is 4.98 Å². The lowest BCUT2D eigenvalue weighted by atomic mass is 9.95. The van der Waals surface area contributed by atoms with Gasteiger partial charge in [-0.05, 0) is 63.0 Å². The largest absolute Gasteiger partial charge is 0.248 e. The lowest BCUT2D eigenvalue weighted by Crippen LogP contribution is -1.92. The molecule has 2 heteroatoms. The number of benzene rings is 5. The summed E-state index contributed by atoms with van der Waals surface area (Å²) in [7, 11) is 0. The van der Waals surface area contributed by atoms with Gasteiger partial charge in [0, 0.05) is 15.6 Å². The molecule has 0 saturated carbocycles. The van der Waals surface area contributed by atoms with Crippen molar-refractivity contribution < 1.29 is 0 Å². The van der Waals surface area contributed by atoms with Gasteiger partial charge in [0.2, 0.25) is 0 Å². The molecule has 0 aliphatic carbocycles. The molecule has 5 aromatic carbocycles. The highest BCUT2D eigenvalue weighted by Gasteiger charge is 2.11. The number of fused-ring (bicyclic) bond motifs is 2. The van der Waals surface area contributed by atoms with E-state index in [0.29, 0.717) is 0 Å². The van der Waals surface area contributed by atoms with Crippen LogP contribution in [0.4, 0.5) is 0 Å². The minimum atomic E-state index is 0.963. The molecule has 0 saturated heterocycles. The van der Waals surface area contributed by atoms with Crippen LogP contribution in [0.25, 0.3) is 55.2 Å². The van der Waals surface area contributed by atoms with Crippen LogP contribution in [0.2, 0.25) is 0 Å². The molecule has 1 aromatic heterocycles. The third kappa shape index (κ3) is 3.83. The van der Waals surface area contributed by atoms with Crippen LogP contribution >= 0.6 is 15.9 Å². The summed E-state index contributed by atoms with van der Waals surface area (Å²) in [5, 5.41) is 4.94. The smallest absolute Gasteiger partial charge is 0.0716 e. The molecule has 0 spiro atoms. The summed E-state index contributed by atoms with van der Waals surface area (Å²) in [5.41, 5.74) is 6.53. The quantitative estimate of drug-likeness (QED) is 0.243. The van der Waals surface area contributed by atoms with Crippen molar-refractivity contribution in [3.63, 3.8) is 0 Å². The lowest BCUT2D eigenvalue weighted by molar-refractivity contribution is 1.32. The summed E-state index contributed by atoms with van der Waals surface area (Å²) in [6, 6.07) is 42.8. The molecule has 1 heterocycles. The Labute approximate surface area is 201 Å². The van der Waals surface area contributed by atoms with E-state index in [1.807, 2.05) is 6.07 Å². The van der Waals surface area contributed by atoms with Gasteiger partial charge in [-0.2, -0.15) is 0 Å². The van der Waals surface area contributed by atoms with Gasteiger partial charge in [0.15, 0.2) is 0 Å². The fourth-order valence-electron chi connectivity index (χ4n) is 4.46. The lowest BCUT2D eigenvalue weighted by Gasteiger charge is -2.13. The molecule has 0 radical (unpaired) electrons. The molecule has 0 aliphatic heterocycles. The molecular weight excluding hydrogens is 466 g/mol. The van der Waals surface area contributed by atoms with E-state index < -0.39 is 0 Å². The van der Waals surface area contributed by atoms with Crippen molar-refractivity contribution in [1.29, 1.82) is 0 Å². The van der Waals surface area contributed by atoms with Crippen molar-refractivity contribution in [2.45, 2.75) is 0 Å². The summed E-state index contributed by atoms with van der Waals surface area (Å²) in [4.78, 5) is 5.11. The van der Waals surface area contributed by atoms with Crippen LogP contribution in [0.5, 0.6) is 0 Å². The summed E-state index contributed by atoms with van der Waals surface area (Å²) in [6.45, 7) is 0. The Morgan fingerprint density at radius 2 is 1.12 bits per heavy atom. The van der Waals surface area contributed by atoms with Crippen LogP contribution < -0.4 is 0 Å². The van der Waals surface area contributed by atoms with E-state index in [-0.39, 0.29) is 0 Å². The number of hydrogen-bond donors (Lipinski definition) is 0. The van der Waals surface area contributed by atoms with Crippen LogP contribution in [-0.2, 0) is 0 Å². The van der Waals surface area contributed by atoms with E-state index in [9.17, 15) is 0 Å². The third-order valence-corrected chi connectivity index (χ3v) is 6.58. The Bertz CT molecular complexity index is 1630. The first kappa shape index (κ1) is 19.9. The zero-order valence-electron chi connectivity index (χ0n) is 17.9. The van der Waals surface area contributed by atoms with Crippen LogP contribution in [0.3, 0.4) is 0 Å². The number of rotatable bonds is 3. The van der Waals surface area contributed by atoms with Crippen molar-refractivity contribution >= 4 is 37.5 Å². The highest BCUT2D eigenvalue weighted by molar-refractivity contribution is 9.10. The Morgan fingerprint density at radius 1 is 0.455 bits per heavy atom. The number of pyridine rings is 1. The summed E-state index contributed by atoms with van der Waals surface area (Å²) < 4.78 is 1.05. The maximum Gasteiger partial charge on any atom is 0.0716 e. The standard InChI is InChI=1S/C31H20BrN/c32-27-12-5-11-24(18-27)30-19-26(29-14-6-10-22-8-3-4-13-28(22)29)20-31(33-30)25-16-15-21-7-1-2-9-23(21)17-25/h1-20H. The Hall–Kier alpha value is -3.75. The molecule has 6 rings (SSSR count).